The van der Waals surface area contributed by atoms with E-state index in [2.05, 4.69) is 4.90 Å². The van der Waals surface area contributed by atoms with Gasteiger partial charge >= 0.3 is 5.97 Å². The number of rotatable bonds is 15. The summed E-state index contributed by atoms with van der Waals surface area (Å²) in [7, 11) is 6.40. The zero-order valence-corrected chi connectivity index (χ0v) is 30.4. The molecule has 0 bridgehead atoms. The molecule has 4 aliphatic rings. The number of hydrogen-bond acceptors (Lipinski definition) is 13. The van der Waals surface area contributed by atoms with E-state index in [1.807, 2.05) is 30.3 Å². The van der Waals surface area contributed by atoms with Crippen molar-refractivity contribution in [3.63, 3.8) is 0 Å². The number of likely N-dealkylation sites (tertiary alicyclic amines) is 1. The minimum absolute atomic E-state index is 0.00991. The Bertz CT molecular complexity index is 1720. The summed E-state index contributed by atoms with van der Waals surface area (Å²) in [6, 6.07) is 9.28. The highest BCUT2D eigenvalue weighted by Gasteiger charge is 2.45. The Balaban J connectivity index is 1.17. The van der Waals surface area contributed by atoms with Crippen LogP contribution in [-0.4, -0.2) is 115 Å². The van der Waals surface area contributed by atoms with Crippen molar-refractivity contribution < 1.29 is 57.3 Å². The maximum absolute atomic E-state index is 13.6. The summed E-state index contributed by atoms with van der Waals surface area (Å²) < 4.78 is 59.7. The van der Waals surface area contributed by atoms with Crippen molar-refractivity contribution in [3.8, 4) is 39.9 Å². The molecule has 0 aliphatic carbocycles. The first-order valence-corrected chi connectivity index (χ1v) is 18.1. The van der Waals surface area contributed by atoms with Crippen LogP contribution < -0.4 is 23.7 Å². The van der Waals surface area contributed by atoms with Crippen molar-refractivity contribution in [1.82, 2.24) is 4.90 Å². The second-order valence-electron chi connectivity index (χ2n) is 13.6. The van der Waals surface area contributed by atoms with E-state index in [9.17, 15) is 9.90 Å². The van der Waals surface area contributed by atoms with Gasteiger partial charge in [-0.3, -0.25) is 0 Å². The zero-order valence-electron chi connectivity index (χ0n) is 30.4. The molecular weight excluding hydrogens is 674 g/mol. The van der Waals surface area contributed by atoms with Crippen LogP contribution >= 0.6 is 0 Å². The molecule has 0 saturated carbocycles. The van der Waals surface area contributed by atoms with Gasteiger partial charge in [0.05, 0.1) is 32.5 Å². The number of aliphatic hydroxyl groups is 1. The predicted octanol–water partition coefficient (Wildman–Crippen LogP) is 5.09. The molecule has 13 heteroatoms. The third-order valence-electron chi connectivity index (χ3n) is 10.5. The van der Waals surface area contributed by atoms with Gasteiger partial charge in [0.15, 0.2) is 23.0 Å². The van der Waals surface area contributed by atoms with Gasteiger partial charge in [-0.15, -0.1) is 0 Å². The lowest BCUT2D eigenvalue weighted by molar-refractivity contribution is -0.264. The number of unbranched alkanes of at least 4 members (excludes halogenated alkanes) is 3. The topological polar surface area (TPSA) is 133 Å². The summed E-state index contributed by atoms with van der Waals surface area (Å²) in [5, 5.41) is 11.1. The number of piperidine rings is 1. The van der Waals surface area contributed by atoms with Crippen LogP contribution in [0.2, 0.25) is 0 Å². The molecule has 4 atom stereocenters. The summed E-state index contributed by atoms with van der Waals surface area (Å²) in [4.78, 5) is 16.0. The first-order chi connectivity index (χ1) is 25.4. The monoisotopic (exact) mass is 723 g/mol. The molecule has 3 aromatic carbocycles. The summed E-state index contributed by atoms with van der Waals surface area (Å²) in [5.41, 5.74) is 2.38. The van der Waals surface area contributed by atoms with E-state index in [-0.39, 0.29) is 32.2 Å². The highest BCUT2D eigenvalue weighted by molar-refractivity contribution is 6.14. The number of benzene rings is 3. The van der Waals surface area contributed by atoms with Crippen LogP contribution in [0, 0.1) is 0 Å². The summed E-state index contributed by atoms with van der Waals surface area (Å²) in [6.07, 6.45) is 3.26. The lowest BCUT2D eigenvalue weighted by Crippen LogP contribution is -2.57. The van der Waals surface area contributed by atoms with E-state index in [1.54, 1.807) is 28.4 Å². The number of carbonyl (C=O) groups excluding carboxylic acids is 1. The molecule has 0 aromatic heterocycles. The quantitative estimate of drug-likeness (QED) is 0.165. The van der Waals surface area contributed by atoms with Gasteiger partial charge in [0.2, 0.25) is 13.1 Å². The number of aliphatic hydroxyl groups excluding tert-OH is 1. The third-order valence-corrected chi connectivity index (χ3v) is 10.5. The van der Waals surface area contributed by atoms with E-state index in [0.29, 0.717) is 62.8 Å². The zero-order chi connectivity index (χ0) is 36.2. The standard InChI is InChI=1S/C39H49NO12/c1-43-29-18-25-26(19-30(29)44-2)35(27-20-48-38(42)34(27)33(25)23-9-10-28-31(17-23)51-22-50-28)52-39-37(36(46-4)32(45-3)21-49-39)47-16-8-6-5-7-13-40-14-11-24(41)12-15-40/h9-10,17-19,24,32,36-37,39,41H,5-8,11-16,20-22H2,1-4H3/t32-,36+,37-,39+/m1/s1. The number of cyclic esters (lactones) is 1. The van der Waals surface area contributed by atoms with Crippen molar-refractivity contribution in [2.24, 2.45) is 0 Å². The lowest BCUT2D eigenvalue weighted by Gasteiger charge is -2.41. The first kappa shape index (κ1) is 36.5. The number of ether oxygens (including phenoxy) is 10. The molecule has 4 heterocycles. The van der Waals surface area contributed by atoms with Crippen LogP contribution in [0.4, 0.5) is 0 Å². The maximum atomic E-state index is 13.6. The molecule has 2 saturated heterocycles. The largest absolute Gasteiger partial charge is 0.493 e. The van der Waals surface area contributed by atoms with Crippen molar-refractivity contribution in [2.75, 3.05) is 68.1 Å². The number of carbonyl (C=O) groups is 1. The van der Waals surface area contributed by atoms with Crippen LogP contribution in [-0.2, 0) is 30.3 Å². The molecular formula is C39H49NO12. The summed E-state index contributed by atoms with van der Waals surface area (Å²) in [5.74, 6) is 2.16. The number of esters is 1. The molecule has 4 aliphatic heterocycles. The number of hydrogen-bond donors (Lipinski definition) is 1. The fourth-order valence-corrected chi connectivity index (χ4v) is 7.67. The fourth-order valence-electron chi connectivity index (χ4n) is 7.67. The Labute approximate surface area is 303 Å². The number of methoxy groups -OCH3 is 4. The Kier molecular flexibility index (Phi) is 11.5. The normalized spacial score (nSPS) is 23.1. The smallest absolute Gasteiger partial charge is 0.339 e. The van der Waals surface area contributed by atoms with Crippen LogP contribution in [0.15, 0.2) is 30.3 Å². The minimum Gasteiger partial charge on any atom is -0.493 e. The van der Waals surface area contributed by atoms with Gasteiger partial charge in [0.25, 0.3) is 0 Å². The third kappa shape index (κ3) is 7.35. The summed E-state index contributed by atoms with van der Waals surface area (Å²) >= 11 is 0. The van der Waals surface area contributed by atoms with Crippen molar-refractivity contribution in [1.29, 1.82) is 0 Å². The van der Waals surface area contributed by atoms with E-state index in [1.165, 1.54) is 0 Å². The first-order valence-electron chi connectivity index (χ1n) is 18.1. The molecule has 3 aromatic rings. The summed E-state index contributed by atoms with van der Waals surface area (Å²) in [6.45, 7) is 3.81. The Hall–Kier alpha value is -3.85. The van der Waals surface area contributed by atoms with Crippen LogP contribution in [0.3, 0.4) is 0 Å². The number of fused-ring (bicyclic) bond motifs is 3. The molecule has 282 valence electrons. The van der Waals surface area contributed by atoms with Gasteiger partial charge in [-0.05, 0) is 67.4 Å². The highest BCUT2D eigenvalue weighted by Crippen LogP contribution is 2.50. The number of nitrogens with zero attached hydrogens (tertiary/aromatic N) is 1. The average molecular weight is 724 g/mol. The maximum Gasteiger partial charge on any atom is 0.339 e. The van der Waals surface area contributed by atoms with Gasteiger partial charge in [0.1, 0.15) is 30.7 Å². The highest BCUT2D eigenvalue weighted by atomic mass is 16.7. The van der Waals surface area contributed by atoms with E-state index >= 15 is 0 Å². The van der Waals surface area contributed by atoms with Crippen molar-refractivity contribution >= 4 is 16.7 Å². The molecule has 2 fully saturated rings. The van der Waals surface area contributed by atoms with Crippen LogP contribution in [0.5, 0.6) is 28.7 Å². The van der Waals surface area contributed by atoms with Gasteiger partial charge in [0, 0.05) is 50.4 Å². The van der Waals surface area contributed by atoms with Crippen LogP contribution in [0.1, 0.15) is 54.4 Å². The van der Waals surface area contributed by atoms with Crippen molar-refractivity contribution in [2.45, 2.75) is 75.8 Å². The Morgan fingerprint density at radius 2 is 1.58 bits per heavy atom. The molecule has 7 rings (SSSR count). The SMILES string of the molecule is COc1cc2c(O[C@@H]3OC[C@@H](OC)[C@H](OC)[C@H]3OCCCCCCN3CCC(O)CC3)c3c(c(-c4ccc5c(c4)OCO5)c2cc1OC)C(=O)OC3. The molecule has 0 unspecified atom stereocenters. The van der Waals surface area contributed by atoms with Gasteiger partial charge in [-0.1, -0.05) is 18.9 Å². The van der Waals surface area contributed by atoms with Gasteiger partial charge in [-0.25, -0.2) is 4.79 Å². The Morgan fingerprint density at radius 3 is 2.33 bits per heavy atom. The second-order valence-corrected chi connectivity index (χ2v) is 13.6. The van der Waals surface area contributed by atoms with E-state index in [0.717, 1.165) is 63.7 Å². The molecule has 0 radical (unpaired) electrons. The molecule has 1 N–H and O–H groups in total. The molecule has 52 heavy (non-hydrogen) atoms. The molecule has 0 spiro atoms. The van der Waals surface area contributed by atoms with Crippen molar-refractivity contribution in [3.05, 3.63) is 41.5 Å². The second kappa shape index (κ2) is 16.4. The van der Waals surface area contributed by atoms with E-state index in [4.69, 9.17) is 47.4 Å². The Morgan fingerprint density at radius 1 is 0.827 bits per heavy atom. The van der Waals surface area contributed by atoms with E-state index < -0.39 is 24.5 Å². The lowest BCUT2D eigenvalue weighted by atomic mass is 9.89. The average Bonchev–Trinajstić information content (AvgIpc) is 3.80. The van der Waals surface area contributed by atoms with Gasteiger partial charge < -0.3 is 57.4 Å². The van der Waals surface area contributed by atoms with Crippen LogP contribution in [0.25, 0.3) is 21.9 Å². The molecule has 0 amide bonds. The minimum atomic E-state index is -0.890. The predicted molar refractivity (Wildman–Crippen MR) is 190 cm³/mol. The fraction of sp³-hybridized carbons (Fsp3) is 0.564. The molecule has 13 nitrogen and oxygen atoms in total. The van der Waals surface area contributed by atoms with Gasteiger partial charge in [-0.2, -0.15) is 0 Å².